The van der Waals surface area contributed by atoms with E-state index in [1.807, 2.05) is 0 Å². The van der Waals surface area contributed by atoms with Crippen molar-refractivity contribution in [1.29, 1.82) is 0 Å². The van der Waals surface area contributed by atoms with E-state index in [-0.39, 0.29) is 10.6 Å². The molecule has 0 aliphatic heterocycles. The fraction of sp³-hybridized carbons (Fsp3) is 0.471. The predicted molar refractivity (Wildman–Crippen MR) is 96.6 cm³/mol. The van der Waals surface area contributed by atoms with Crippen molar-refractivity contribution in [2.24, 2.45) is 5.92 Å². The van der Waals surface area contributed by atoms with Crippen molar-refractivity contribution >= 4 is 35.1 Å². The Labute approximate surface area is 160 Å². The van der Waals surface area contributed by atoms with Gasteiger partial charge in [0.2, 0.25) is 5.91 Å². The molecule has 0 heterocycles. The summed E-state index contributed by atoms with van der Waals surface area (Å²) in [7, 11) is 0. The van der Waals surface area contributed by atoms with E-state index in [0.29, 0.717) is 12.8 Å². The van der Waals surface area contributed by atoms with Gasteiger partial charge in [-0.25, -0.2) is 0 Å². The van der Waals surface area contributed by atoms with Gasteiger partial charge in [-0.3, -0.25) is 24.5 Å². The van der Waals surface area contributed by atoms with Crippen LogP contribution in [0.4, 0.5) is 5.69 Å². The molecule has 0 saturated heterocycles. The quantitative estimate of drug-likeness (QED) is 0.381. The second kappa shape index (κ2) is 9.31. The number of benzene rings is 1. The van der Waals surface area contributed by atoms with E-state index in [4.69, 9.17) is 11.6 Å². The van der Waals surface area contributed by atoms with Crippen LogP contribution < -0.4 is 10.6 Å². The number of carbonyl (C=O) groups is 3. The summed E-state index contributed by atoms with van der Waals surface area (Å²) in [4.78, 5) is 46.1. The number of nitrogens with zero attached hydrogens (tertiary/aromatic N) is 1. The molecule has 2 rings (SSSR count). The average molecular weight is 398 g/mol. The zero-order valence-corrected chi connectivity index (χ0v) is 15.2. The molecule has 0 spiro atoms. The zero-order chi connectivity index (χ0) is 20.0. The first-order chi connectivity index (χ1) is 12.8. The summed E-state index contributed by atoms with van der Waals surface area (Å²) in [6.07, 6.45) is 3.54. The summed E-state index contributed by atoms with van der Waals surface area (Å²) in [5.41, 5.74) is -0.787. The van der Waals surface area contributed by atoms with Gasteiger partial charge in [0, 0.05) is 12.1 Å². The number of hydrogen-bond acceptors (Lipinski definition) is 5. The lowest BCUT2D eigenvalue weighted by Crippen LogP contribution is -2.46. The van der Waals surface area contributed by atoms with E-state index in [0.717, 1.165) is 25.3 Å². The number of nitro benzene ring substituents is 1. The highest BCUT2D eigenvalue weighted by molar-refractivity contribution is 6.34. The Kier molecular flexibility index (Phi) is 7.12. The number of carbonyl (C=O) groups excluding carboxylic acids is 2. The largest absolute Gasteiger partial charge is 0.481 e. The molecule has 0 unspecified atom stereocenters. The van der Waals surface area contributed by atoms with Crippen LogP contribution in [0.15, 0.2) is 18.2 Å². The van der Waals surface area contributed by atoms with Gasteiger partial charge in [-0.1, -0.05) is 36.9 Å². The SMILES string of the molecule is O=C(CNC(=O)c1c(Cl)cccc1[N+](=O)[O-])N[C@H]1CCCCC[C@H]1C(=O)O. The maximum atomic E-state index is 12.2. The smallest absolute Gasteiger partial charge is 0.308 e. The minimum absolute atomic E-state index is 0.100. The van der Waals surface area contributed by atoms with Gasteiger partial charge < -0.3 is 15.7 Å². The maximum Gasteiger partial charge on any atom is 0.308 e. The number of aliphatic carboxylic acids is 1. The Morgan fingerprint density at radius 2 is 1.93 bits per heavy atom. The zero-order valence-electron chi connectivity index (χ0n) is 14.4. The second-order valence-electron chi connectivity index (χ2n) is 6.33. The highest BCUT2D eigenvalue weighted by atomic mass is 35.5. The number of nitrogens with one attached hydrogen (secondary N) is 2. The van der Waals surface area contributed by atoms with Crippen LogP contribution in [0, 0.1) is 16.0 Å². The van der Waals surface area contributed by atoms with Crippen LogP contribution in [-0.2, 0) is 9.59 Å². The van der Waals surface area contributed by atoms with Crippen molar-refractivity contribution in [3.05, 3.63) is 38.9 Å². The molecule has 2 amide bonds. The van der Waals surface area contributed by atoms with Gasteiger partial charge in [-0.15, -0.1) is 0 Å². The predicted octanol–water partition coefficient (Wildman–Crippen LogP) is 2.13. The molecule has 10 heteroatoms. The fourth-order valence-electron chi connectivity index (χ4n) is 3.17. The molecule has 1 aliphatic carbocycles. The van der Waals surface area contributed by atoms with E-state index in [9.17, 15) is 29.6 Å². The minimum atomic E-state index is -0.960. The lowest BCUT2D eigenvalue weighted by Gasteiger charge is -2.23. The number of carboxylic acids is 1. The van der Waals surface area contributed by atoms with Crippen LogP contribution in [0.2, 0.25) is 5.02 Å². The van der Waals surface area contributed by atoms with Crippen molar-refractivity contribution in [3.8, 4) is 0 Å². The lowest BCUT2D eigenvalue weighted by atomic mass is 9.95. The van der Waals surface area contributed by atoms with Crippen LogP contribution in [0.5, 0.6) is 0 Å². The van der Waals surface area contributed by atoms with Crippen molar-refractivity contribution in [2.45, 2.75) is 38.1 Å². The molecule has 27 heavy (non-hydrogen) atoms. The first-order valence-electron chi connectivity index (χ1n) is 8.54. The van der Waals surface area contributed by atoms with E-state index in [1.54, 1.807) is 0 Å². The molecule has 146 valence electrons. The van der Waals surface area contributed by atoms with E-state index < -0.39 is 46.9 Å². The third-order valence-corrected chi connectivity index (χ3v) is 4.82. The van der Waals surface area contributed by atoms with Crippen molar-refractivity contribution in [2.75, 3.05) is 6.54 Å². The highest BCUT2D eigenvalue weighted by Gasteiger charge is 2.31. The van der Waals surface area contributed by atoms with Gasteiger partial charge in [0.25, 0.3) is 11.6 Å². The first kappa shape index (κ1) is 20.6. The molecular formula is C17H20ClN3O6. The van der Waals surface area contributed by atoms with Gasteiger partial charge in [-0.05, 0) is 18.9 Å². The number of carboxylic acid groups (broad SMARTS) is 1. The van der Waals surface area contributed by atoms with Gasteiger partial charge >= 0.3 is 5.97 Å². The van der Waals surface area contributed by atoms with E-state index in [1.165, 1.54) is 12.1 Å². The molecule has 0 radical (unpaired) electrons. The first-order valence-corrected chi connectivity index (χ1v) is 8.92. The average Bonchev–Trinajstić information content (AvgIpc) is 2.84. The summed E-state index contributed by atoms with van der Waals surface area (Å²) in [5.74, 6) is -3.04. The molecule has 1 saturated carbocycles. The van der Waals surface area contributed by atoms with Crippen LogP contribution in [0.25, 0.3) is 0 Å². The summed E-state index contributed by atoms with van der Waals surface area (Å²) >= 11 is 5.88. The summed E-state index contributed by atoms with van der Waals surface area (Å²) in [6.45, 7) is -0.440. The van der Waals surface area contributed by atoms with Gasteiger partial charge in [-0.2, -0.15) is 0 Å². The summed E-state index contributed by atoms with van der Waals surface area (Å²) in [5, 5.41) is 25.2. The number of nitro groups is 1. The Hall–Kier alpha value is -2.68. The molecular weight excluding hydrogens is 378 g/mol. The van der Waals surface area contributed by atoms with Crippen molar-refractivity contribution in [1.82, 2.24) is 10.6 Å². The third kappa shape index (κ3) is 5.40. The monoisotopic (exact) mass is 397 g/mol. The minimum Gasteiger partial charge on any atom is -0.481 e. The van der Waals surface area contributed by atoms with Gasteiger partial charge in [0.1, 0.15) is 5.56 Å². The van der Waals surface area contributed by atoms with Crippen LogP contribution in [-0.4, -0.2) is 40.4 Å². The molecule has 2 atom stereocenters. The van der Waals surface area contributed by atoms with Gasteiger partial charge in [0.15, 0.2) is 0 Å². The van der Waals surface area contributed by atoms with Crippen LogP contribution in [0.1, 0.15) is 42.5 Å². The Morgan fingerprint density at radius 1 is 1.22 bits per heavy atom. The molecule has 3 N–H and O–H groups in total. The lowest BCUT2D eigenvalue weighted by molar-refractivity contribution is -0.385. The normalized spacial score (nSPS) is 19.6. The molecule has 1 aliphatic rings. The highest BCUT2D eigenvalue weighted by Crippen LogP contribution is 2.26. The Bertz CT molecular complexity index is 754. The molecule has 1 aromatic rings. The number of halogens is 1. The van der Waals surface area contributed by atoms with E-state index >= 15 is 0 Å². The Morgan fingerprint density at radius 3 is 2.59 bits per heavy atom. The third-order valence-electron chi connectivity index (χ3n) is 4.50. The topological polar surface area (TPSA) is 139 Å². The Balaban J connectivity index is 2.00. The van der Waals surface area contributed by atoms with Gasteiger partial charge in [0.05, 0.1) is 22.4 Å². The van der Waals surface area contributed by atoms with Crippen molar-refractivity contribution < 1.29 is 24.4 Å². The second-order valence-corrected chi connectivity index (χ2v) is 6.74. The van der Waals surface area contributed by atoms with Crippen LogP contribution in [0.3, 0.4) is 0 Å². The number of hydrogen-bond donors (Lipinski definition) is 3. The molecule has 0 bridgehead atoms. The number of amides is 2. The number of rotatable bonds is 6. The molecule has 9 nitrogen and oxygen atoms in total. The van der Waals surface area contributed by atoms with Crippen LogP contribution >= 0.6 is 11.6 Å². The van der Waals surface area contributed by atoms with Crippen molar-refractivity contribution in [3.63, 3.8) is 0 Å². The molecule has 0 aromatic heterocycles. The summed E-state index contributed by atoms with van der Waals surface area (Å²) < 4.78 is 0. The molecule has 1 aromatic carbocycles. The maximum absolute atomic E-state index is 12.2. The summed E-state index contributed by atoms with van der Waals surface area (Å²) in [6, 6.07) is 3.32. The van der Waals surface area contributed by atoms with E-state index in [2.05, 4.69) is 10.6 Å². The molecule has 1 fully saturated rings. The fourth-order valence-corrected chi connectivity index (χ4v) is 3.43. The standard InChI is InChI=1S/C17H20ClN3O6/c18-11-6-4-8-13(21(26)27)15(11)16(23)19-9-14(22)20-12-7-3-1-2-5-10(12)17(24)25/h4,6,8,10,12H,1-3,5,7,9H2,(H,19,23)(H,20,22)(H,24,25)/t10-,12+/m1/s1.